The lowest BCUT2D eigenvalue weighted by atomic mass is 9.81. The Bertz CT molecular complexity index is 688. The molecule has 0 amide bonds. The van der Waals surface area contributed by atoms with Crippen LogP contribution in [-0.2, 0) is 14.3 Å². The van der Waals surface area contributed by atoms with Crippen molar-refractivity contribution in [2.45, 2.75) is 98.0 Å². The van der Waals surface area contributed by atoms with Gasteiger partial charge in [-0.15, -0.1) is 0 Å². The van der Waals surface area contributed by atoms with Gasteiger partial charge >= 0.3 is 5.97 Å². The number of benzene rings is 1. The van der Waals surface area contributed by atoms with Crippen molar-refractivity contribution >= 4 is 11.8 Å². The molecule has 4 nitrogen and oxygen atoms in total. The molecule has 0 spiro atoms. The number of carboxylic acids is 1. The summed E-state index contributed by atoms with van der Waals surface area (Å²) in [5, 5.41) is 9.21. The van der Waals surface area contributed by atoms with Gasteiger partial charge in [-0.2, -0.15) is 0 Å². The molecule has 0 bridgehead atoms. The van der Waals surface area contributed by atoms with Gasteiger partial charge in [-0.25, -0.2) is 4.39 Å². The molecule has 0 radical (unpaired) electrons. The number of aliphatic carboxylic acids is 1. The van der Waals surface area contributed by atoms with Crippen LogP contribution in [-0.4, -0.2) is 29.1 Å². The standard InChI is InChI=1S/C14H19FO2.C11H18O2.C2H6/c1-3-5-13(12(4-2)14(16)17)10-6-8-11(15)9-7-10;1-8-5-6-11(9(2)12,13-7-8)10-3-4-10;1-2/h6-9,12-13H,3-5H2,1-2H3,(H,16,17);8,10H,3-7H2,1-2H3;1-2H3/t12-,13?;8?,11-;/m11./s1. The van der Waals surface area contributed by atoms with E-state index >= 15 is 0 Å². The minimum Gasteiger partial charge on any atom is -0.481 e. The average Bonchev–Trinajstić information content (AvgIpc) is 3.62. The van der Waals surface area contributed by atoms with E-state index in [4.69, 9.17) is 4.74 Å². The highest BCUT2D eigenvalue weighted by Crippen LogP contribution is 2.47. The maximum atomic E-state index is 12.9. The molecule has 1 aliphatic carbocycles. The molecule has 1 aliphatic heterocycles. The molecule has 2 aliphatic rings. The Morgan fingerprint density at radius 2 is 1.75 bits per heavy atom. The van der Waals surface area contributed by atoms with Crippen LogP contribution in [0.2, 0.25) is 0 Å². The van der Waals surface area contributed by atoms with Crippen LogP contribution < -0.4 is 0 Å². The number of Topliss-reactive ketones (excluding diaryl/α,β-unsaturated/α-hetero) is 1. The first-order valence-corrected chi connectivity index (χ1v) is 12.4. The van der Waals surface area contributed by atoms with Crippen molar-refractivity contribution in [2.24, 2.45) is 17.8 Å². The van der Waals surface area contributed by atoms with E-state index in [0.717, 1.165) is 37.9 Å². The molecule has 32 heavy (non-hydrogen) atoms. The number of carboxylic acid groups (broad SMARTS) is 1. The molecule has 1 saturated heterocycles. The number of rotatable bonds is 8. The summed E-state index contributed by atoms with van der Waals surface area (Å²) in [5.41, 5.74) is 0.550. The van der Waals surface area contributed by atoms with E-state index in [1.165, 1.54) is 25.0 Å². The molecule has 1 heterocycles. The van der Waals surface area contributed by atoms with Crippen molar-refractivity contribution in [1.29, 1.82) is 0 Å². The summed E-state index contributed by atoms with van der Waals surface area (Å²) in [6.07, 6.45) is 6.81. The Balaban J connectivity index is 0.000000305. The van der Waals surface area contributed by atoms with Gasteiger partial charge in [-0.05, 0) is 80.9 Å². The third-order valence-corrected chi connectivity index (χ3v) is 6.61. The van der Waals surface area contributed by atoms with E-state index in [1.807, 2.05) is 27.7 Å². The molecular formula is C27H43FO4. The van der Waals surface area contributed by atoms with Gasteiger partial charge in [0.05, 0.1) is 12.5 Å². The number of halogens is 1. The van der Waals surface area contributed by atoms with Gasteiger partial charge in [0.25, 0.3) is 0 Å². The summed E-state index contributed by atoms with van der Waals surface area (Å²) < 4.78 is 18.7. The van der Waals surface area contributed by atoms with Crippen LogP contribution in [0.1, 0.15) is 98.0 Å². The summed E-state index contributed by atoms with van der Waals surface area (Å²) in [7, 11) is 0. The van der Waals surface area contributed by atoms with E-state index in [-0.39, 0.29) is 29.0 Å². The predicted octanol–water partition coefficient (Wildman–Crippen LogP) is 7.02. The second-order valence-electron chi connectivity index (χ2n) is 8.97. The second kappa shape index (κ2) is 13.7. The molecule has 0 aromatic heterocycles. The number of ether oxygens (including phenoxy) is 1. The average molecular weight is 451 g/mol. The van der Waals surface area contributed by atoms with Crippen molar-refractivity contribution in [3.05, 3.63) is 35.6 Å². The summed E-state index contributed by atoms with van der Waals surface area (Å²) in [6, 6.07) is 6.18. The third-order valence-electron chi connectivity index (χ3n) is 6.61. The lowest BCUT2D eigenvalue weighted by Gasteiger charge is -2.37. The Hall–Kier alpha value is -1.75. The molecular weight excluding hydrogens is 407 g/mol. The van der Waals surface area contributed by atoms with Gasteiger partial charge in [0.15, 0.2) is 5.78 Å². The number of carbonyl (C=O) groups excluding carboxylic acids is 1. The fourth-order valence-electron chi connectivity index (χ4n) is 4.60. The SMILES string of the molecule is CC.CC(=O)[C@@]1(C2CC2)CCC(C)CO1.CCCC(c1ccc(F)cc1)[C@@H](CC)C(=O)O. The Morgan fingerprint density at radius 1 is 1.16 bits per heavy atom. The smallest absolute Gasteiger partial charge is 0.307 e. The van der Waals surface area contributed by atoms with Gasteiger partial charge < -0.3 is 9.84 Å². The third kappa shape index (κ3) is 7.68. The van der Waals surface area contributed by atoms with Crippen LogP contribution in [0.4, 0.5) is 4.39 Å². The van der Waals surface area contributed by atoms with E-state index in [1.54, 1.807) is 19.1 Å². The van der Waals surface area contributed by atoms with Gasteiger partial charge in [0.1, 0.15) is 11.4 Å². The molecule has 3 rings (SSSR count). The maximum absolute atomic E-state index is 12.9. The molecule has 1 aromatic carbocycles. The monoisotopic (exact) mass is 450 g/mol. The molecule has 1 aromatic rings. The Labute approximate surface area is 193 Å². The molecule has 5 heteroatoms. The number of hydrogen-bond acceptors (Lipinski definition) is 3. The van der Waals surface area contributed by atoms with E-state index in [2.05, 4.69) is 6.92 Å². The van der Waals surface area contributed by atoms with Gasteiger partial charge in [0, 0.05) is 0 Å². The maximum Gasteiger partial charge on any atom is 0.307 e. The van der Waals surface area contributed by atoms with Crippen LogP contribution in [0, 0.1) is 23.6 Å². The predicted molar refractivity (Wildman–Crippen MR) is 127 cm³/mol. The quantitative estimate of drug-likeness (QED) is 0.462. The zero-order chi connectivity index (χ0) is 24.3. The van der Waals surface area contributed by atoms with Crippen molar-refractivity contribution in [3.8, 4) is 0 Å². The normalized spacial score (nSPS) is 24.2. The lowest BCUT2D eigenvalue weighted by Crippen LogP contribution is -2.46. The zero-order valence-corrected chi connectivity index (χ0v) is 20.8. The first-order chi connectivity index (χ1) is 15.2. The highest BCUT2D eigenvalue weighted by atomic mass is 19.1. The van der Waals surface area contributed by atoms with Crippen LogP contribution in [0.15, 0.2) is 24.3 Å². The molecule has 2 unspecified atom stereocenters. The van der Waals surface area contributed by atoms with Crippen LogP contribution in [0.5, 0.6) is 0 Å². The fraction of sp³-hybridized carbons (Fsp3) is 0.704. The first-order valence-electron chi connectivity index (χ1n) is 12.4. The van der Waals surface area contributed by atoms with E-state index in [0.29, 0.717) is 18.3 Å². The van der Waals surface area contributed by atoms with Crippen LogP contribution in [0.3, 0.4) is 0 Å². The largest absolute Gasteiger partial charge is 0.481 e. The number of hydrogen-bond donors (Lipinski definition) is 1. The van der Waals surface area contributed by atoms with Crippen molar-refractivity contribution in [1.82, 2.24) is 0 Å². The molecule has 4 atom stereocenters. The van der Waals surface area contributed by atoms with Gasteiger partial charge in [-0.1, -0.05) is 53.2 Å². The van der Waals surface area contributed by atoms with Crippen molar-refractivity contribution < 1.29 is 23.8 Å². The summed E-state index contributed by atoms with van der Waals surface area (Å²) >= 11 is 0. The highest BCUT2D eigenvalue weighted by molar-refractivity contribution is 5.85. The van der Waals surface area contributed by atoms with Gasteiger partial charge in [-0.3, -0.25) is 9.59 Å². The first kappa shape index (κ1) is 28.3. The summed E-state index contributed by atoms with van der Waals surface area (Å²) in [4.78, 5) is 22.8. The summed E-state index contributed by atoms with van der Waals surface area (Å²) in [6.45, 7) is 12.6. The molecule has 1 N–H and O–H groups in total. The van der Waals surface area contributed by atoms with Crippen molar-refractivity contribution in [3.63, 3.8) is 0 Å². The fourth-order valence-corrected chi connectivity index (χ4v) is 4.60. The van der Waals surface area contributed by atoms with Crippen LogP contribution >= 0.6 is 0 Å². The van der Waals surface area contributed by atoms with Gasteiger partial charge in [0.2, 0.25) is 0 Å². The Morgan fingerprint density at radius 3 is 2.12 bits per heavy atom. The van der Waals surface area contributed by atoms with Crippen LogP contribution in [0.25, 0.3) is 0 Å². The number of ketones is 1. The van der Waals surface area contributed by atoms with Crippen molar-refractivity contribution in [2.75, 3.05) is 6.61 Å². The molecule has 182 valence electrons. The minimum absolute atomic E-state index is 0.0249. The minimum atomic E-state index is -0.768. The van der Waals surface area contributed by atoms with E-state index < -0.39 is 5.97 Å². The second-order valence-corrected chi connectivity index (χ2v) is 8.97. The number of carbonyl (C=O) groups is 2. The Kier molecular flexibility index (Phi) is 12.1. The zero-order valence-electron chi connectivity index (χ0n) is 20.8. The molecule has 1 saturated carbocycles. The topological polar surface area (TPSA) is 63.6 Å². The highest BCUT2D eigenvalue weighted by Gasteiger charge is 2.51. The lowest BCUT2D eigenvalue weighted by molar-refractivity contribution is -0.157. The van der Waals surface area contributed by atoms with E-state index in [9.17, 15) is 19.1 Å². The summed E-state index contributed by atoms with van der Waals surface area (Å²) in [5.74, 6) is -0.0446. The molecule has 2 fully saturated rings.